The number of morpholine rings is 1. The molecular weight excluding hydrogens is 408 g/mol. The molecule has 0 saturated carbocycles. The SMILES string of the molecule is COc1ccccc1CN1C(=O)C(c2ccccc2OC)=C(N2CC(C)OC(C)C2)C1=O. The molecule has 1 saturated heterocycles. The van der Waals surface area contributed by atoms with Gasteiger partial charge in [0.2, 0.25) is 0 Å². The van der Waals surface area contributed by atoms with Crippen LogP contribution in [0.15, 0.2) is 54.2 Å². The Morgan fingerprint density at radius 3 is 2.12 bits per heavy atom. The van der Waals surface area contributed by atoms with Gasteiger partial charge in [0.1, 0.15) is 17.2 Å². The molecule has 32 heavy (non-hydrogen) atoms. The number of amides is 2. The summed E-state index contributed by atoms with van der Waals surface area (Å²) in [5.74, 6) is 0.527. The second-order valence-corrected chi connectivity index (χ2v) is 8.09. The minimum atomic E-state index is -0.341. The van der Waals surface area contributed by atoms with Crippen molar-refractivity contribution in [2.24, 2.45) is 0 Å². The summed E-state index contributed by atoms with van der Waals surface area (Å²) in [7, 11) is 3.14. The van der Waals surface area contributed by atoms with Crippen LogP contribution in [-0.4, -0.2) is 61.1 Å². The molecule has 4 rings (SSSR count). The fraction of sp³-hybridized carbons (Fsp3) is 0.360. The summed E-state index contributed by atoms with van der Waals surface area (Å²) in [5.41, 5.74) is 2.14. The molecule has 0 aromatic heterocycles. The van der Waals surface area contributed by atoms with Crippen molar-refractivity contribution in [2.45, 2.75) is 32.6 Å². The van der Waals surface area contributed by atoms with Crippen LogP contribution in [0.1, 0.15) is 25.0 Å². The summed E-state index contributed by atoms with van der Waals surface area (Å²) >= 11 is 0. The van der Waals surface area contributed by atoms with Crippen LogP contribution in [0, 0.1) is 0 Å². The van der Waals surface area contributed by atoms with E-state index >= 15 is 0 Å². The zero-order valence-corrected chi connectivity index (χ0v) is 18.8. The molecule has 2 aromatic carbocycles. The minimum absolute atomic E-state index is 0.0589. The summed E-state index contributed by atoms with van der Waals surface area (Å²) in [6, 6.07) is 14.7. The predicted octanol–water partition coefficient (Wildman–Crippen LogP) is 3.09. The van der Waals surface area contributed by atoms with Crippen molar-refractivity contribution in [3.05, 3.63) is 65.4 Å². The van der Waals surface area contributed by atoms with E-state index in [9.17, 15) is 9.59 Å². The number of benzene rings is 2. The fourth-order valence-corrected chi connectivity index (χ4v) is 4.46. The van der Waals surface area contributed by atoms with Gasteiger partial charge in [-0.25, -0.2) is 0 Å². The third-order valence-electron chi connectivity index (χ3n) is 5.78. The number of para-hydroxylation sites is 2. The smallest absolute Gasteiger partial charge is 0.278 e. The Balaban J connectivity index is 1.80. The van der Waals surface area contributed by atoms with Crippen LogP contribution in [0.3, 0.4) is 0 Å². The van der Waals surface area contributed by atoms with Crippen LogP contribution >= 0.6 is 0 Å². The van der Waals surface area contributed by atoms with Crippen LogP contribution in [0.25, 0.3) is 5.57 Å². The molecule has 0 N–H and O–H groups in total. The van der Waals surface area contributed by atoms with Gasteiger partial charge in [-0.1, -0.05) is 36.4 Å². The topological polar surface area (TPSA) is 68.3 Å². The van der Waals surface area contributed by atoms with Gasteiger partial charge in [-0.2, -0.15) is 0 Å². The summed E-state index contributed by atoms with van der Waals surface area (Å²) in [6.45, 7) is 5.12. The third kappa shape index (κ3) is 3.96. The number of imide groups is 1. The van der Waals surface area contributed by atoms with E-state index in [1.165, 1.54) is 4.90 Å². The van der Waals surface area contributed by atoms with Crippen LogP contribution in [-0.2, 0) is 20.9 Å². The van der Waals surface area contributed by atoms with Crippen molar-refractivity contribution in [1.29, 1.82) is 0 Å². The first-order valence-corrected chi connectivity index (χ1v) is 10.7. The number of hydrogen-bond donors (Lipinski definition) is 0. The highest BCUT2D eigenvalue weighted by atomic mass is 16.5. The second-order valence-electron chi connectivity index (χ2n) is 8.09. The molecule has 1 fully saturated rings. The van der Waals surface area contributed by atoms with Gasteiger partial charge in [0.05, 0.1) is 38.5 Å². The van der Waals surface area contributed by atoms with Crippen molar-refractivity contribution in [3.63, 3.8) is 0 Å². The first-order valence-electron chi connectivity index (χ1n) is 10.7. The Labute approximate surface area is 188 Å². The number of rotatable bonds is 6. The predicted molar refractivity (Wildman–Crippen MR) is 120 cm³/mol. The van der Waals surface area contributed by atoms with Crippen LogP contribution in [0.5, 0.6) is 11.5 Å². The third-order valence-corrected chi connectivity index (χ3v) is 5.78. The standard InChI is InChI=1S/C25H28N2O5/c1-16-13-26(14-17(2)32-16)23-22(19-10-6-8-12-21(19)31-4)24(28)27(25(23)29)15-18-9-5-7-11-20(18)30-3/h5-12,16-17H,13-15H2,1-4H3. The molecule has 2 unspecified atom stereocenters. The molecule has 7 heteroatoms. The first kappa shape index (κ1) is 21.9. The highest BCUT2D eigenvalue weighted by Crippen LogP contribution is 2.38. The summed E-state index contributed by atoms with van der Waals surface area (Å²) in [6.07, 6.45) is -0.118. The fourth-order valence-electron chi connectivity index (χ4n) is 4.46. The van der Waals surface area contributed by atoms with Crippen molar-refractivity contribution in [2.75, 3.05) is 27.3 Å². The molecule has 168 valence electrons. The van der Waals surface area contributed by atoms with E-state index in [0.29, 0.717) is 41.4 Å². The molecule has 0 spiro atoms. The Morgan fingerprint density at radius 1 is 0.875 bits per heavy atom. The summed E-state index contributed by atoms with van der Waals surface area (Å²) in [5, 5.41) is 0. The van der Waals surface area contributed by atoms with Gasteiger partial charge in [-0.15, -0.1) is 0 Å². The largest absolute Gasteiger partial charge is 0.496 e. The second kappa shape index (κ2) is 9.04. The summed E-state index contributed by atoms with van der Waals surface area (Å²) in [4.78, 5) is 30.7. The van der Waals surface area contributed by atoms with Gasteiger partial charge in [0.15, 0.2) is 0 Å². The summed E-state index contributed by atoms with van der Waals surface area (Å²) < 4.78 is 16.8. The van der Waals surface area contributed by atoms with Gasteiger partial charge in [0, 0.05) is 24.2 Å². The maximum atomic E-state index is 13.7. The Kier molecular flexibility index (Phi) is 6.19. The lowest BCUT2D eigenvalue weighted by atomic mass is 10.0. The highest BCUT2D eigenvalue weighted by molar-refractivity contribution is 6.36. The molecule has 0 aliphatic carbocycles. The van der Waals surface area contributed by atoms with Crippen molar-refractivity contribution in [3.8, 4) is 11.5 Å². The van der Waals surface area contributed by atoms with Crippen LogP contribution in [0.2, 0.25) is 0 Å². The average molecular weight is 437 g/mol. The maximum Gasteiger partial charge on any atom is 0.278 e. The zero-order valence-electron chi connectivity index (χ0n) is 18.8. The molecule has 2 heterocycles. The molecule has 0 bridgehead atoms. The lowest BCUT2D eigenvalue weighted by Gasteiger charge is -2.37. The van der Waals surface area contributed by atoms with Crippen molar-refractivity contribution >= 4 is 17.4 Å². The molecular formula is C25H28N2O5. The first-order chi connectivity index (χ1) is 15.4. The van der Waals surface area contributed by atoms with Gasteiger partial charge in [-0.05, 0) is 26.0 Å². The molecule has 2 atom stereocenters. The van der Waals surface area contributed by atoms with Gasteiger partial charge < -0.3 is 19.1 Å². The average Bonchev–Trinajstić information content (AvgIpc) is 3.03. The van der Waals surface area contributed by atoms with Gasteiger partial charge in [0.25, 0.3) is 11.8 Å². The molecule has 0 radical (unpaired) electrons. The van der Waals surface area contributed by atoms with E-state index in [-0.39, 0.29) is 30.6 Å². The number of ether oxygens (including phenoxy) is 3. The highest BCUT2D eigenvalue weighted by Gasteiger charge is 2.44. The lowest BCUT2D eigenvalue weighted by Crippen LogP contribution is -2.46. The maximum absolute atomic E-state index is 13.7. The van der Waals surface area contributed by atoms with E-state index < -0.39 is 0 Å². The van der Waals surface area contributed by atoms with Gasteiger partial charge >= 0.3 is 0 Å². The number of carbonyl (C=O) groups is 2. The normalized spacial score (nSPS) is 21.4. The van der Waals surface area contributed by atoms with Crippen LogP contribution < -0.4 is 9.47 Å². The number of nitrogens with zero attached hydrogens (tertiary/aromatic N) is 2. The van der Waals surface area contributed by atoms with Crippen molar-refractivity contribution < 1.29 is 23.8 Å². The number of hydrogen-bond acceptors (Lipinski definition) is 6. The van der Waals surface area contributed by atoms with E-state index in [1.807, 2.05) is 61.2 Å². The van der Waals surface area contributed by atoms with Gasteiger partial charge in [-0.3, -0.25) is 14.5 Å². The van der Waals surface area contributed by atoms with Crippen molar-refractivity contribution in [1.82, 2.24) is 9.80 Å². The Hall–Kier alpha value is -3.32. The quantitative estimate of drug-likeness (QED) is 0.649. The Morgan fingerprint density at radius 2 is 1.47 bits per heavy atom. The monoisotopic (exact) mass is 436 g/mol. The molecule has 2 aromatic rings. The van der Waals surface area contributed by atoms with E-state index in [2.05, 4.69) is 0 Å². The number of carbonyl (C=O) groups excluding carboxylic acids is 2. The number of methoxy groups -OCH3 is 2. The van der Waals surface area contributed by atoms with Crippen LogP contribution in [0.4, 0.5) is 0 Å². The molecule has 2 aliphatic rings. The minimum Gasteiger partial charge on any atom is -0.496 e. The lowest BCUT2D eigenvalue weighted by molar-refractivity contribution is -0.139. The molecule has 2 aliphatic heterocycles. The van der Waals surface area contributed by atoms with E-state index in [1.54, 1.807) is 20.3 Å². The Bertz CT molecular complexity index is 1050. The zero-order chi connectivity index (χ0) is 22.8. The van der Waals surface area contributed by atoms with E-state index in [0.717, 1.165) is 5.56 Å². The van der Waals surface area contributed by atoms with E-state index in [4.69, 9.17) is 14.2 Å². The molecule has 7 nitrogen and oxygen atoms in total. The molecule has 2 amide bonds.